The molecule has 3 aromatic rings. The lowest BCUT2D eigenvalue weighted by Crippen LogP contribution is -1.82. The first-order valence-electron chi connectivity index (χ1n) is 5.58. The Labute approximate surface area is 116 Å². The number of nitrogens with one attached hydrogen (secondary N) is 1. The summed E-state index contributed by atoms with van der Waals surface area (Å²) in [6.07, 6.45) is 1.03. The molecule has 0 aliphatic carbocycles. The molecule has 3 rings (SSSR count). The number of hydrogen-bond donors (Lipinski definition) is 1. The van der Waals surface area contributed by atoms with Crippen LogP contribution in [0.15, 0.2) is 39.3 Å². The van der Waals surface area contributed by atoms with Gasteiger partial charge in [0.05, 0.1) is 0 Å². The van der Waals surface area contributed by atoms with E-state index in [-0.39, 0.29) is 0 Å². The number of halogens is 2. The van der Waals surface area contributed by atoms with E-state index >= 15 is 0 Å². The lowest BCUT2D eigenvalue weighted by molar-refractivity contribution is 1.15. The largest absolute Gasteiger partial charge is 0.354 e. The highest BCUT2D eigenvalue weighted by atomic mass is 79.9. The summed E-state index contributed by atoms with van der Waals surface area (Å²) in [5, 5.41) is 2.55. The third-order valence-corrected chi connectivity index (χ3v) is 4.05. The summed E-state index contributed by atoms with van der Waals surface area (Å²) in [6.45, 7) is 2.18. The zero-order valence-corrected chi connectivity index (χ0v) is 12.5. The second-order valence-electron chi connectivity index (χ2n) is 4.16. The predicted molar refractivity (Wildman–Crippen MR) is 80.6 cm³/mol. The minimum Gasteiger partial charge on any atom is -0.354 e. The van der Waals surface area contributed by atoms with Crippen LogP contribution in [0.25, 0.3) is 21.8 Å². The molecule has 0 amide bonds. The van der Waals surface area contributed by atoms with E-state index in [2.05, 4.69) is 74.1 Å². The van der Waals surface area contributed by atoms with Crippen molar-refractivity contribution in [2.75, 3.05) is 0 Å². The third kappa shape index (κ3) is 1.81. The smallest absolute Gasteiger partial charge is 0.0498 e. The molecule has 0 radical (unpaired) electrons. The molecule has 0 unspecified atom stereocenters. The summed E-state index contributed by atoms with van der Waals surface area (Å²) < 4.78 is 2.26. The first kappa shape index (κ1) is 11.3. The van der Waals surface area contributed by atoms with Crippen molar-refractivity contribution in [1.29, 1.82) is 0 Å². The molecule has 1 N–H and O–H groups in total. The lowest BCUT2D eigenvalue weighted by atomic mass is 10.1. The van der Waals surface area contributed by atoms with Crippen LogP contribution < -0.4 is 0 Å². The zero-order chi connectivity index (χ0) is 12.0. The highest BCUT2D eigenvalue weighted by Gasteiger charge is 2.08. The summed E-state index contributed by atoms with van der Waals surface area (Å²) >= 11 is 7.12. The van der Waals surface area contributed by atoms with Crippen LogP contribution in [0.4, 0.5) is 0 Å². The molecule has 0 saturated heterocycles. The van der Waals surface area contributed by atoms with Crippen LogP contribution >= 0.6 is 31.9 Å². The maximum Gasteiger partial charge on any atom is 0.0498 e. The van der Waals surface area contributed by atoms with Crippen molar-refractivity contribution >= 4 is 53.7 Å². The molecular formula is C14H11Br2N. The van der Waals surface area contributed by atoms with E-state index in [9.17, 15) is 0 Å². The van der Waals surface area contributed by atoms with Gasteiger partial charge in [-0.15, -0.1) is 0 Å². The maximum atomic E-state index is 3.59. The molecule has 0 bridgehead atoms. The first-order chi connectivity index (χ1) is 8.19. The number of rotatable bonds is 1. The maximum absolute atomic E-state index is 3.59. The number of aromatic amines is 1. The molecule has 3 heteroatoms. The van der Waals surface area contributed by atoms with Crippen LogP contribution in [0.2, 0.25) is 0 Å². The Morgan fingerprint density at radius 2 is 1.76 bits per heavy atom. The number of fused-ring (bicyclic) bond motifs is 3. The molecule has 0 atom stereocenters. The minimum atomic E-state index is 1.03. The second-order valence-corrected chi connectivity index (χ2v) is 5.99. The van der Waals surface area contributed by atoms with Crippen molar-refractivity contribution in [3.8, 4) is 0 Å². The summed E-state index contributed by atoms with van der Waals surface area (Å²) in [5.74, 6) is 0. The van der Waals surface area contributed by atoms with Crippen LogP contribution in [0.1, 0.15) is 12.5 Å². The van der Waals surface area contributed by atoms with E-state index in [1.807, 2.05) is 0 Å². The van der Waals surface area contributed by atoms with E-state index in [0.717, 1.165) is 15.4 Å². The fourth-order valence-electron chi connectivity index (χ4n) is 2.29. The normalized spacial score (nSPS) is 11.5. The van der Waals surface area contributed by atoms with Crippen molar-refractivity contribution in [2.45, 2.75) is 13.3 Å². The molecular weight excluding hydrogens is 342 g/mol. The van der Waals surface area contributed by atoms with Gasteiger partial charge in [0.1, 0.15) is 0 Å². The van der Waals surface area contributed by atoms with Crippen molar-refractivity contribution < 1.29 is 0 Å². The molecule has 86 valence electrons. The highest BCUT2D eigenvalue weighted by Crippen LogP contribution is 2.32. The second kappa shape index (κ2) is 4.14. The van der Waals surface area contributed by atoms with E-state index in [0.29, 0.717) is 0 Å². The topological polar surface area (TPSA) is 15.8 Å². The van der Waals surface area contributed by atoms with Gasteiger partial charge in [-0.25, -0.2) is 0 Å². The molecule has 1 aromatic heterocycles. The van der Waals surface area contributed by atoms with E-state index < -0.39 is 0 Å². The number of hydrogen-bond acceptors (Lipinski definition) is 0. The fraction of sp³-hybridized carbons (Fsp3) is 0.143. The molecule has 0 saturated carbocycles. The number of H-pyrrole nitrogens is 1. The van der Waals surface area contributed by atoms with Crippen LogP contribution in [0.5, 0.6) is 0 Å². The number of aromatic nitrogens is 1. The summed E-state index contributed by atoms with van der Waals surface area (Å²) in [6, 6.07) is 10.7. The van der Waals surface area contributed by atoms with Crippen molar-refractivity contribution in [3.63, 3.8) is 0 Å². The summed E-state index contributed by atoms with van der Waals surface area (Å²) in [5.41, 5.74) is 3.79. The first-order valence-corrected chi connectivity index (χ1v) is 7.17. The van der Waals surface area contributed by atoms with Crippen molar-refractivity contribution in [1.82, 2.24) is 4.98 Å². The van der Waals surface area contributed by atoms with Gasteiger partial charge in [0.25, 0.3) is 0 Å². The van der Waals surface area contributed by atoms with E-state index in [4.69, 9.17) is 0 Å². The predicted octanol–water partition coefficient (Wildman–Crippen LogP) is 5.41. The van der Waals surface area contributed by atoms with Crippen LogP contribution in [0, 0.1) is 0 Å². The summed E-state index contributed by atoms with van der Waals surface area (Å²) in [7, 11) is 0. The number of benzene rings is 2. The SMILES string of the molecule is CCc1cc(Br)cc2c1[nH]c1ccc(Br)cc12. The Hall–Kier alpha value is -0.800. The third-order valence-electron chi connectivity index (χ3n) is 3.10. The highest BCUT2D eigenvalue weighted by molar-refractivity contribution is 9.10. The van der Waals surface area contributed by atoms with Crippen molar-refractivity contribution in [2.24, 2.45) is 0 Å². The molecule has 1 heterocycles. The summed E-state index contributed by atoms with van der Waals surface area (Å²) in [4.78, 5) is 3.51. The molecule has 0 aliphatic rings. The van der Waals surface area contributed by atoms with Gasteiger partial charge in [-0.2, -0.15) is 0 Å². The van der Waals surface area contributed by atoms with Gasteiger partial charge in [0.15, 0.2) is 0 Å². The van der Waals surface area contributed by atoms with Gasteiger partial charge in [-0.1, -0.05) is 38.8 Å². The average Bonchev–Trinajstić information content (AvgIpc) is 2.66. The minimum absolute atomic E-state index is 1.03. The molecule has 2 aromatic carbocycles. The standard InChI is InChI=1S/C14H11Br2N/c1-2-8-5-10(16)7-12-11-6-9(15)3-4-13(11)17-14(8)12/h3-7,17H,2H2,1H3. The van der Waals surface area contributed by atoms with Gasteiger partial charge in [-0.05, 0) is 42.3 Å². The monoisotopic (exact) mass is 351 g/mol. The van der Waals surface area contributed by atoms with Gasteiger partial charge in [0.2, 0.25) is 0 Å². The Morgan fingerprint density at radius 1 is 1.00 bits per heavy atom. The Bertz CT molecular complexity index is 713. The van der Waals surface area contributed by atoms with Crippen LogP contribution in [-0.4, -0.2) is 4.98 Å². The molecule has 1 nitrogen and oxygen atoms in total. The molecule has 17 heavy (non-hydrogen) atoms. The average molecular weight is 353 g/mol. The van der Waals surface area contributed by atoms with Gasteiger partial charge >= 0.3 is 0 Å². The van der Waals surface area contributed by atoms with Crippen LogP contribution in [-0.2, 0) is 6.42 Å². The van der Waals surface area contributed by atoms with E-state index in [1.165, 1.54) is 27.4 Å². The zero-order valence-electron chi connectivity index (χ0n) is 9.35. The van der Waals surface area contributed by atoms with Gasteiger partial charge in [0, 0.05) is 30.8 Å². The fourth-order valence-corrected chi connectivity index (χ4v) is 3.15. The van der Waals surface area contributed by atoms with Crippen molar-refractivity contribution in [3.05, 3.63) is 44.8 Å². The van der Waals surface area contributed by atoms with E-state index in [1.54, 1.807) is 0 Å². The molecule has 0 spiro atoms. The van der Waals surface area contributed by atoms with Crippen LogP contribution in [0.3, 0.4) is 0 Å². The Balaban J connectivity index is 2.52. The Morgan fingerprint density at radius 3 is 2.53 bits per heavy atom. The lowest BCUT2D eigenvalue weighted by Gasteiger charge is -2.01. The molecule has 0 aliphatic heterocycles. The van der Waals surface area contributed by atoms with Gasteiger partial charge in [-0.3, -0.25) is 0 Å². The number of aryl methyl sites for hydroxylation is 1. The van der Waals surface area contributed by atoms with Gasteiger partial charge < -0.3 is 4.98 Å². The molecule has 0 fully saturated rings. The Kier molecular flexibility index (Phi) is 2.75. The quantitative estimate of drug-likeness (QED) is 0.602.